The van der Waals surface area contributed by atoms with Crippen LogP contribution in [0.1, 0.15) is 39.0 Å². The normalized spacial score (nSPS) is 10.5. The summed E-state index contributed by atoms with van der Waals surface area (Å²) in [5, 5.41) is 0. The third kappa shape index (κ3) is 7.48. The van der Waals surface area contributed by atoms with Gasteiger partial charge in [-0.15, -0.1) is 6.58 Å². The van der Waals surface area contributed by atoms with Crippen molar-refractivity contribution in [3.63, 3.8) is 0 Å². The molecule has 0 aliphatic carbocycles. The Balaban J connectivity index is 2.94. The molecule has 0 N–H and O–H groups in total. The van der Waals surface area contributed by atoms with Crippen molar-refractivity contribution < 1.29 is 0 Å². The average molecular weight is 137 g/mol. The highest BCUT2D eigenvalue weighted by atomic mass is 13.9. The Morgan fingerprint density at radius 2 is 2.20 bits per heavy atom. The summed E-state index contributed by atoms with van der Waals surface area (Å²) in [4.78, 5) is 0. The second-order valence-corrected chi connectivity index (χ2v) is 2.39. The zero-order valence-corrected chi connectivity index (χ0v) is 6.90. The van der Waals surface area contributed by atoms with Gasteiger partial charge in [-0.2, -0.15) is 0 Å². The van der Waals surface area contributed by atoms with E-state index in [9.17, 15) is 0 Å². The van der Waals surface area contributed by atoms with Crippen molar-refractivity contribution in [2.75, 3.05) is 0 Å². The van der Waals surface area contributed by atoms with Crippen LogP contribution in [-0.2, 0) is 0 Å². The van der Waals surface area contributed by atoms with Crippen LogP contribution in [0.25, 0.3) is 0 Å². The molecule has 0 aromatic carbocycles. The van der Waals surface area contributed by atoms with Gasteiger partial charge in [0.25, 0.3) is 0 Å². The van der Waals surface area contributed by atoms with Gasteiger partial charge in [-0.25, -0.2) is 0 Å². The van der Waals surface area contributed by atoms with E-state index in [-0.39, 0.29) is 0 Å². The maximum atomic E-state index is 3.62. The highest BCUT2D eigenvalue weighted by molar-refractivity contribution is 4.82. The zero-order valence-electron chi connectivity index (χ0n) is 6.90. The molecule has 0 aromatic rings. The lowest BCUT2D eigenvalue weighted by Gasteiger charge is -1.89. The largest absolute Gasteiger partial charge is 0.103 e. The van der Waals surface area contributed by atoms with Crippen LogP contribution < -0.4 is 0 Å². The summed E-state index contributed by atoms with van der Waals surface area (Å²) in [6.45, 7) is 5.84. The molecule has 0 aliphatic rings. The van der Waals surface area contributed by atoms with Crippen LogP contribution in [-0.4, -0.2) is 0 Å². The molecule has 0 aliphatic heterocycles. The molecule has 10 heavy (non-hydrogen) atoms. The van der Waals surface area contributed by atoms with Gasteiger partial charge in [0.2, 0.25) is 0 Å². The molecular formula is C10H17. The predicted molar refractivity (Wildman–Crippen MR) is 46.8 cm³/mol. The summed E-state index contributed by atoms with van der Waals surface area (Å²) in [7, 11) is 0. The van der Waals surface area contributed by atoms with E-state index in [0.29, 0.717) is 0 Å². The minimum atomic E-state index is 0.964. The second-order valence-electron chi connectivity index (χ2n) is 2.39. The average Bonchev–Trinajstić information content (AvgIpc) is 1.97. The number of hydrogen-bond acceptors (Lipinski definition) is 0. The summed E-state index contributed by atoms with van der Waals surface area (Å²) >= 11 is 0. The fraction of sp³-hybridized carbons (Fsp3) is 0.600. The first-order valence-electron chi connectivity index (χ1n) is 4.07. The molecule has 0 heterocycles. The lowest BCUT2D eigenvalue weighted by atomic mass is 10.2. The lowest BCUT2D eigenvalue weighted by Crippen LogP contribution is -1.70. The topological polar surface area (TPSA) is 0 Å². The minimum Gasteiger partial charge on any atom is -0.103 e. The van der Waals surface area contributed by atoms with E-state index in [1.165, 1.54) is 19.3 Å². The van der Waals surface area contributed by atoms with Crippen molar-refractivity contribution in [1.29, 1.82) is 0 Å². The molecule has 0 nitrogen and oxygen atoms in total. The van der Waals surface area contributed by atoms with Gasteiger partial charge in [-0.1, -0.05) is 31.9 Å². The van der Waals surface area contributed by atoms with Gasteiger partial charge in [-0.3, -0.25) is 0 Å². The summed E-state index contributed by atoms with van der Waals surface area (Å²) in [5.41, 5.74) is 0. The molecule has 0 amide bonds. The Morgan fingerprint density at radius 3 is 2.80 bits per heavy atom. The first kappa shape index (κ1) is 9.48. The molecule has 0 rings (SSSR count). The van der Waals surface area contributed by atoms with Gasteiger partial charge in [-0.05, 0) is 25.3 Å². The van der Waals surface area contributed by atoms with Gasteiger partial charge in [0.05, 0.1) is 0 Å². The summed E-state index contributed by atoms with van der Waals surface area (Å²) < 4.78 is 0. The molecule has 0 spiro atoms. The maximum absolute atomic E-state index is 3.62. The minimum absolute atomic E-state index is 0.964. The van der Waals surface area contributed by atoms with E-state index >= 15 is 0 Å². The summed E-state index contributed by atoms with van der Waals surface area (Å²) in [6.07, 6.45) is 13.2. The van der Waals surface area contributed by atoms with Crippen molar-refractivity contribution in [2.45, 2.75) is 39.0 Å². The molecule has 0 saturated heterocycles. The fourth-order valence-electron chi connectivity index (χ4n) is 0.746. The van der Waals surface area contributed by atoms with Gasteiger partial charge >= 0.3 is 0 Å². The van der Waals surface area contributed by atoms with Crippen LogP contribution in [0.5, 0.6) is 0 Å². The third-order valence-electron chi connectivity index (χ3n) is 1.35. The SMILES string of the molecule is C=CC/C=[C]/CCCCC. The van der Waals surface area contributed by atoms with E-state index in [1.807, 2.05) is 6.08 Å². The van der Waals surface area contributed by atoms with Gasteiger partial charge < -0.3 is 0 Å². The molecule has 0 heteroatoms. The van der Waals surface area contributed by atoms with Crippen molar-refractivity contribution >= 4 is 0 Å². The van der Waals surface area contributed by atoms with E-state index < -0.39 is 0 Å². The number of hydrogen-bond donors (Lipinski definition) is 0. The van der Waals surface area contributed by atoms with Crippen molar-refractivity contribution in [3.05, 3.63) is 24.8 Å². The third-order valence-corrected chi connectivity index (χ3v) is 1.35. The summed E-state index contributed by atoms with van der Waals surface area (Å²) in [5.74, 6) is 0. The summed E-state index contributed by atoms with van der Waals surface area (Å²) in [6, 6.07) is 0. The van der Waals surface area contributed by atoms with Crippen LogP contribution in [0.3, 0.4) is 0 Å². The van der Waals surface area contributed by atoms with Gasteiger partial charge in [0.15, 0.2) is 0 Å². The molecule has 0 saturated carbocycles. The maximum Gasteiger partial charge on any atom is -0.0166 e. The molecule has 0 aromatic heterocycles. The van der Waals surface area contributed by atoms with Crippen LogP contribution in [0, 0.1) is 6.08 Å². The van der Waals surface area contributed by atoms with Crippen molar-refractivity contribution in [1.82, 2.24) is 0 Å². The van der Waals surface area contributed by atoms with Crippen LogP contribution >= 0.6 is 0 Å². The Bertz CT molecular complexity index is 90.2. The van der Waals surface area contributed by atoms with Crippen molar-refractivity contribution in [3.8, 4) is 0 Å². The molecule has 1 radical (unpaired) electrons. The predicted octanol–water partition coefficient (Wildman–Crippen LogP) is 3.50. The van der Waals surface area contributed by atoms with E-state index in [1.54, 1.807) is 0 Å². The molecular weight excluding hydrogens is 120 g/mol. The lowest BCUT2D eigenvalue weighted by molar-refractivity contribution is 0.722. The van der Waals surface area contributed by atoms with Gasteiger partial charge in [0, 0.05) is 0 Å². The second kappa shape index (κ2) is 8.48. The first-order chi connectivity index (χ1) is 4.91. The van der Waals surface area contributed by atoms with Crippen LogP contribution in [0.4, 0.5) is 0 Å². The highest BCUT2D eigenvalue weighted by Crippen LogP contribution is 1.99. The Kier molecular flexibility index (Phi) is 8.04. The highest BCUT2D eigenvalue weighted by Gasteiger charge is 1.80. The quantitative estimate of drug-likeness (QED) is 0.388. The molecule has 0 atom stereocenters. The molecule has 57 valence electrons. The van der Waals surface area contributed by atoms with Crippen LogP contribution in [0.15, 0.2) is 18.7 Å². The number of rotatable bonds is 6. The standard InChI is InChI=1S/C10H17/c1-3-5-7-9-10-8-6-4-2/h3,7H,1,4-6,8,10H2,2H3. The first-order valence-corrected chi connectivity index (χ1v) is 4.07. The zero-order chi connectivity index (χ0) is 7.66. The van der Waals surface area contributed by atoms with E-state index in [4.69, 9.17) is 0 Å². The molecule has 0 fully saturated rings. The fourth-order valence-corrected chi connectivity index (χ4v) is 0.746. The van der Waals surface area contributed by atoms with Crippen molar-refractivity contribution in [2.24, 2.45) is 0 Å². The van der Waals surface area contributed by atoms with Crippen LogP contribution in [0.2, 0.25) is 0 Å². The molecule has 0 unspecified atom stereocenters. The smallest absolute Gasteiger partial charge is 0.0166 e. The Hall–Kier alpha value is -0.520. The van der Waals surface area contributed by atoms with E-state index in [0.717, 1.165) is 12.8 Å². The van der Waals surface area contributed by atoms with Gasteiger partial charge in [0.1, 0.15) is 0 Å². The number of allylic oxidation sites excluding steroid dienone is 3. The Labute approximate surface area is 64.6 Å². The van der Waals surface area contributed by atoms with E-state index in [2.05, 4.69) is 25.7 Å². The Morgan fingerprint density at radius 1 is 1.40 bits per heavy atom. The number of unbranched alkanes of at least 4 members (excludes halogenated alkanes) is 3. The monoisotopic (exact) mass is 137 g/mol. The molecule has 0 bridgehead atoms.